The van der Waals surface area contributed by atoms with Crippen molar-refractivity contribution < 1.29 is 17.8 Å². The van der Waals surface area contributed by atoms with Crippen LogP contribution in [-0.2, 0) is 16.1 Å². The molecule has 2 aromatic heterocycles. The molecule has 10 heteroatoms. The summed E-state index contributed by atoms with van der Waals surface area (Å²) in [7, 11) is 1.52. The van der Waals surface area contributed by atoms with E-state index >= 15 is 0 Å². The summed E-state index contributed by atoms with van der Waals surface area (Å²) in [6.07, 6.45) is 4.35. The zero-order chi connectivity index (χ0) is 33.1. The van der Waals surface area contributed by atoms with E-state index in [4.69, 9.17) is 18.1 Å². The third-order valence-corrected chi connectivity index (χ3v) is 6.30. The molecule has 0 aliphatic carbocycles. The van der Waals surface area contributed by atoms with Gasteiger partial charge < -0.3 is 25.2 Å². The van der Waals surface area contributed by atoms with E-state index < -0.39 is 19.7 Å². The molecule has 0 unspecified atom stereocenters. The van der Waals surface area contributed by atoms with Gasteiger partial charge in [-0.25, -0.2) is 9.67 Å². The molecule has 0 radical (unpaired) electrons. The maximum atomic E-state index is 12.4. The molecule has 0 saturated carbocycles. The summed E-state index contributed by atoms with van der Waals surface area (Å²) in [5.74, 6) is -0.00718. The third kappa shape index (κ3) is 6.19. The van der Waals surface area contributed by atoms with Gasteiger partial charge in [-0.2, -0.15) is 10.1 Å². The summed E-state index contributed by atoms with van der Waals surface area (Å²) in [6.45, 7) is 0.790. The van der Waals surface area contributed by atoms with Crippen LogP contribution in [0.4, 0.5) is 23.0 Å². The molecule has 0 atom stereocenters. The van der Waals surface area contributed by atoms with E-state index in [9.17, 15) is 4.79 Å². The number of aryl methyl sites for hydroxylation is 1. The average Bonchev–Trinajstić information content (AvgIpc) is 3.45. The van der Waals surface area contributed by atoms with Gasteiger partial charge in [-0.3, -0.25) is 4.79 Å². The molecule has 4 aromatic rings. The number of hydrogen-bond acceptors (Lipinski definition) is 8. The first kappa shape index (κ1) is 20.4. The third-order valence-electron chi connectivity index (χ3n) is 6.30. The van der Waals surface area contributed by atoms with E-state index in [1.165, 1.54) is 28.9 Å². The van der Waals surface area contributed by atoms with Crippen LogP contribution in [0.15, 0.2) is 73.6 Å². The zero-order valence-corrected chi connectivity index (χ0v) is 22.1. The second kappa shape index (κ2) is 12.1. The highest BCUT2D eigenvalue weighted by molar-refractivity contribution is 6.02. The summed E-state index contributed by atoms with van der Waals surface area (Å²) in [5.41, 5.74) is 3.20. The Kier molecular flexibility index (Phi) is 6.17. The van der Waals surface area contributed by atoms with Crippen molar-refractivity contribution in [3.8, 4) is 17.1 Å². The first-order valence-corrected chi connectivity index (χ1v) is 12.7. The predicted molar refractivity (Wildman–Crippen MR) is 158 cm³/mol. The lowest BCUT2D eigenvalue weighted by molar-refractivity contribution is -0.111. The maximum absolute atomic E-state index is 12.4. The largest absolute Gasteiger partial charge is 0.378 e. The molecule has 10 nitrogen and oxygen atoms in total. The lowest BCUT2D eigenvalue weighted by atomic mass is 10.1. The van der Waals surface area contributed by atoms with E-state index in [1.807, 2.05) is 35.2 Å². The fourth-order valence-corrected chi connectivity index (χ4v) is 4.44. The van der Waals surface area contributed by atoms with Crippen molar-refractivity contribution in [1.29, 1.82) is 0 Å². The summed E-state index contributed by atoms with van der Waals surface area (Å²) in [4.78, 5) is 24.5. The molecule has 3 heterocycles. The Morgan fingerprint density at radius 1 is 1.20 bits per heavy atom. The Bertz CT molecular complexity index is 1700. The van der Waals surface area contributed by atoms with Crippen molar-refractivity contribution in [1.82, 2.24) is 24.6 Å². The number of amides is 1. The Labute approximate surface area is 242 Å². The van der Waals surface area contributed by atoms with E-state index in [1.54, 1.807) is 18.3 Å². The van der Waals surface area contributed by atoms with Gasteiger partial charge in [0.1, 0.15) is 0 Å². The highest BCUT2D eigenvalue weighted by Gasteiger charge is 2.19. The number of morpholine rings is 1. The van der Waals surface area contributed by atoms with Gasteiger partial charge >= 0.3 is 0 Å². The van der Waals surface area contributed by atoms with Gasteiger partial charge in [-0.15, -0.1) is 0 Å². The van der Waals surface area contributed by atoms with Crippen molar-refractivity contribution in [2.24, 2.45) is 0 Å². The molecule has 5 rings (SSSR count). The second-order valence-electron chi connectivity index (χ2n) is 9.24. The second-order valence-corrected chi connectivity index (χ2v) is 9.24. The van der Waals surface area contributed by atoms with Gasteiger partial charge in [0, 0.05) is 63.1 Å². The fourth-order valence-electron chi connectivity index (χ4n) is 4.44. The highest BCUT2D eigenvalue weighted by Crippen LogP contribution is 2.34. The molecule has 1 fully saturated rings. The highest BCUT2D eigenvalue weighted by atomic mass is 16.5. The number of carbonyl (C=O) groups is 1. The molecule has 206 valence electrons. The minimum absolute atomic E-state index is 0.0139. The number of rotatable bonds is 9. The quantitative estimate of drug-likeness (QED) is 0.299. The van der Waals surface area contributed by atoms with Gasteiger partial charge in [0.05, 0.1) is 30.3 Å². The van der Waals surface area contributed by atoms with Crippen molar-refractivity contribution >= 4 is 28.9 Å². The van der Waals surface area contributed by atoms with Gasteiger partial charge in [0.25, 0.3) is 0 Å². The monoisotopic (exact) mass is 544 g/mol. The molecule has 1 aliphatic rings. The molecule has 40 heavy (non-hydrogen) atoms. The number of ether oxygens (including phenoxy) is 1. The SMILES string of the molecule is [2H]C([2H])([2H])c1cc(N2CCOCC2)c(NC(=O)C=C)cc1Nc1nccc(-n2cc(CN(C)C([2H])([2H])[2H])c(-c3ccccc3)n2)n1. The van der Waals surface area contributed by atoms with Crippen LogP contribution in [0.1, 0.15) is 19.4 Å². The molecular formula is C30H34N8O2. The van der Waals surface area contributed by atoms with Crippen LogP contribution >= 0.6 is 0 Å². The van der Waals surface area contributed by atoms with Gasteiger partial charge in [-0.05, 0) is 44.6 Å². The van der Waals surface area contributed by atoms with Crippen LogP contribution in [0.2, 0.25) is 0 Å². The van der Waals surface area contributed by atoms with E-state index in [0.29, 0.717) is 54.8 Å². The smallest absolute Gasteiger partial charge is 0.247 e. The molecule has 0 spiro atoms. The fraction of sp³-hybridized carbons (Fsp3) is 0.267. The van der Waals surface area contributed by atoms with Crippen LogP contribution in [0.5, 0.6) is 0 Å². The molecule has 1 aliphatic heterocycles. The van der Waals surface area contributed by atoms with Gasteiger partial charge in [-0.1, -0.05) is 36.9 Å². The first-order chi connectivity index (χ1) is 21.8. The number of aromatic nitrogens is 4. The summed E-state index contributed by atoms with van der Waals surface area (Å²) < 4.78 is 55.2. The molecular weight excluding hydrogens is 504 g/mol. The van der Waals surface area contributed by atoms with Gasteiger partial charge in [0.2, 0.25) is 11.9 Å². The topological polar surface area (TPSA) is 100 Å². The summed E-state index contributed by atoms with van der Waals surface area (Å²) in [5, 5.41) is 10.6. The Hall–Kier alpha value is -4.54. The van der Waals surface area contributed by atoms with E-state index in [0.717, 1.165) is 11.6 Å². The van der Waals surface area contributed by atoms with Gasteiger partial charge in [0.15, 0.2) is 5.82 Å². The van der Waals surface area contributed by atoms with Crippen LogP contribution in [0.25, 0.3) is 17.1 Å². The Morgan fingerprint density at radius 3 is 2.77 bits per heavy atom. The normalized spacial score (nSPS) is 16.2. The van der Waals surface area contributed by atoms with Crippen LogP contribution < -0.4 is 15.5 Å². The summed E-state index contributed by atoms with van der Waals surface area (Å²) >= 11 is 0. The average molecular weight is 545 g/mol. The Balaban J connectivity index is 1.54. The van der Waals surface area contributed by atoms with Crippen molar-refractivity contribution in [2.45, 2.75) is 13.4 Å². The van der Waals surface area contributed by atoms with E-state index in [-0.39, 0.29) is 23.7 Å². The lowest BCUT2D eigenvalue weighted by Crippen LogP contribution is -2.36. The molecule has 1 saturated heterocycles. The number of benzene rings is 2. The van der Waals surface area contributed by atoms with E-state index in [2.05, 4.69) is 27.2 Å². The molecule has 1 amide bonds. The predicted octanol–water partition coefficient (Wildman–Crippen LogP) is 4.40. The minimum atomic E-state index is -2.52. The van der Waals surface area contributed by atoms with Crippen LogP contribution in [0, 0.1) is 6.85 Å². The number of anilines is 4. The minimum Gasteiger partial charge on any atom is -0.378 e. The zero-order valence-electron chi connectivity index (χ0n) is 28.1. The number of nitrogens with zero attached hydrogens (tertiary/aromatic N) is 6. The number of carbonyl (C=O) groups excluding carboxylic acids is 1. The Morgan fingerprint density at radius 2 is 2.02 bits per heavy atom. The van der Waals surface area contributed by atoms with Crippen LogP contribution in [-0.4, -0.2) is 70.9 Å². The standard InChI is InChI=1S/C30H34N8O2/c1-5-28(39)32-25-18-24(21(2)17-26(25)37-13-15-40-16-14-37)33-30-31-12-11-27(34-30)38-20-23(19-36(3)4)29(35-38)22-9-7-6-8-10-22/h5-12,17-18,20H,1,13-16,19H2,2-4H3,(H,32,39)(H,31,33,34)/i2D3,3D3. The number of hydrogen-bond donors (Lipinski definition) is 2. The molecule has 2 N–H and O–H groups in total. The molecule has 2 aromatic carbocycles. The van der Waals surface area contributed by atoms with Crippen molar-refractivity contribution in [2.75, 3.05) is 55.9 Å². The lowest BCUT2D eigenvalue weighted by Gasteiger charge is -2.31. The van der Waals surface area contributed by atoms with Crippen LogP contribution in [0.3, 0.4) is 0 Å². The maximum Gasteiger partial charge on any atom is 0.247 e. The first-order valence-electron chi connectivity index (χ1n) is 15.7. The number of nitrogens with one attached hydrogen (secondary N) is 2. The van der Waals surface area contributed by atoms with Crippen molar-refractivity contribution in [3.63, 3.8) is 0 Å². The molecule has 0 bridgehead atoms. The summed E-state index contributed by atoms with van der Waals surface area (Å²) in [6, 6.07) is 14.1. The van der Waals surface area contributed by atoms with Crippen molar-refractivity contribution in [3.05, 3.63) is 84.7 Å².